The van der Waals surface area contributed by atoms with E-state index in [9.17, 15) is 0 Å². The van der Waals surface area contributed by atoms with Gasteiger partial charge in [0.1, 0.15) is 0 Å². The normalized spacial score (nSPS) is 10.8. The van der Waals surface area contributed by atoms with Crippen LogP contribution in [0.4, 0.5) is 0 Å². The predicted octanol–water partition coefficient (Wildman–Crippen LogP) is 2.84. The van der Waals surface area contributed by atoms with E-state index in [-0.39, 0.29) is 0 Å². The first-order valence-corrected chi connectivity index (χ1v) is 6.43. The summed E-state index contributed by atoms with van der Waals surface area (Å²) in [5.74, 6) is 0. The van der Waals surface area contributed by atoms with Gasteiger partial charge in [-0.25, -0.2) is 0 Å². The van der Waals surface area contributed by atoms with Gasteiger partial charge in [-0.1, -0.05) is 28.1 Å². The molecule has 0 fully saturated rings. The maximum atomic E-state index is 4.34. The quantitative estimate of drug-likeness (QED) is 0.939. The fourth-order valence-electron chi connectivity index (χ4n) is 1.63. The van der Waals surface area contributed by atoms with Crippen molar-refractivity contribution in [2.75, 3.05) is 13.6 Å². The molecule has 0 aliphatic carbocycles. The molecule has 4 heteroatoms. The molecule has 0 spiro atoms. The molecule has 0 saturated heterocycles. The van der Waals surface area contributed by atoms with Gasteiger partial charge >= 0.3 is 0 Å². The van der Waals surface area contributed by atoms with Crippen LogP contribution in [0.15, 0.2) is 35.1 Å². The van der Waals surface area contributed by atoms with Crippen LogP contribution in [0.5, 0.6) is 0 Å². The highest BCUT2D eigenvalue weighted by Gasteiger charge is 2.03. The van der Waals surface area contributed by atoms with Crippen LogP contribution in [0, 0.1) is 6.92 Å². The highest BCUT2D eigenvalue weighted by atomic mass is 79.9. The molecule has 1 heterocycles. The van der Waals surface area contributed by atoms with Crippen LogP contribution in [-0.2, 0) is 6.54 Å². The summed E-state index contributed by atoms with van der Waals surface area (Å²) in [5.41, 5.74) is 3.59. The molecule has 0 saturated carbocycles. The lowest BCUT2D eigenvalue weighted by atomic mass is 10.1. The molecule has 0 unspecified atom stereocenters. The Bertz CT molecular complexity index is 505. The van der Waals surface area contributed by atoms with Crippen LogP contribution < -0.4 is 5.32 Å². The van der Waals surface area contributed by atoms with Crippen LogP contribution in [0.2, 0.25) is 0 Å². The average molecular weight is 294 g/mol. The molecular weight excluding hydrogens is 278 g/mol. The number of benzene rings is 1. The molecule has 0 bridgehead atoms. The maximum absolute atomic E-state index is 4.34. The van der Waals surface area contributed by atoms with Crippen LogP contribution in [0.1, 0.15) is 5.56 Å². The van der Waals surface area contributed by atoms with E-state index < -0.39 is 0 Å². The lowest BCUT2D eigenvalue weighted by Crippen LogP contribution is -2.14. The summed E-state index contributed by atoms with van der Waals surface area (Å²) in [5, 5.41) is 7.46. The van der Waals surface area contributed by atoms with Gasteiger partial charge in [-0.15, -0.1) is 0 Å². The first-order valence-electron chi connectivity index (χ1n) is 5.64. The van der Waals surface area contributed by atoms with Gasteiger partial charge in [-0.05, 0) is 31.2 Å². The average Bonchev–Trinajstić information content (AvgIpc) is 2.79. The standard InChI is InChI=1S/C13H16BrN3/c1-10-3-4-11(7-13(10)14)12-8-16-17(9-12)6-5-15-2/h3-4,7-9,15H,5-6H2,1-2H3. The molecule has 3 nitrogen and oxygen atoms in total. The number of likely N-dealkylation sites (N-methyl/N-ethyl adjacent to an activating group) is 1. The smallest absolute Gasteiger partial charge is 0.0568 e. The number of aromatic nitrogens is 2. The van der Waals surface area contributed by atoms with Crippen LogP contribution in [0.3, 0.4) is 0 Å². The first-order chi connectivity index (χ1) is 8.20. The van der Waals surface area contributed by atoms with E-state index in [1.54, 1.807) is 0 Å². The van der Waals surface area contributed by atoms with Gasteiger partial charge in [0.15, 0.2) is 0 Å². The molecule has 2 aromatic rings. The fourth-order valence-corrected chi connectivity index (χ4v) is 2.01. The summed E-state index contributed by atoms with van der Waals surface area (Å²) in [6.45, 7) is 3.91. The summed E-state index contributed by atoms with van der Waals surface area (Å²) in [4.78, 5) is 0. The Kier molecular flexibility index (Phi) is 3.97. The molecule has 90 valence electrons. The number of nitrogens with zero attached hydrogens (tertiary/aromatic N) is 2. The third-order valence-electron chi connectivity index (χ3n) is 2.73. The van der Waals surface area contributed by atoms with E-state index in [0.29, 0.717) is 0 Å². The summed E-state index contributed by atoms with van der Waals surface area (Å²) >= 11 is 3.55. The zero-order valence-corrected chi connectivity index (χ0v) is 11.7. The number of hydrogen-bond acceptors (Lipinski definition) is 2. The van der Waals surface area contributed by atoms with Gasteiger partial charge in [0, 0.05) is 22.8 Å². The molecule has 2 rings (SSSR count). The highest BCUT2D eigenvalue weighted by molar-refractivity contribution is 9.10. The van der Waals surface area contributed by atoms with E-state index in [0.717, 1.165) is 23.1 Å². The minimum absolute atomic E-state index is 0.892. The monoisotopic (exact) mass is 293 g/mol. The second kappa shape index (κ2) is 5.47. The molecule has 1 aromatic carbocycles. The Morgan fingerprint density at radius 2 is 2.18 bits per heavy atom. The number of hydrogen-bond donors (Lipinski definition) is 1. The van der Waals surface area contributed by atoms with Crippen molar-refractivity contribution in [2.24, 2.45) is 0 Å². The lowest BCUT2D eigenvalue weighted by Gasteiger charge is -2.02. The second-order valence-corrected chi connectivity index (χ2v) is 4.91. The second-order valence-electron chi connectivity index (χ2n) is 4.06. The predicted molar refractivity (Wildman–Crippen MR) is 74.0 cm³/mol. The summed E-state index contributed by atoms with van der Waals surface area (Å²) < 4.78 is 3.09. The number of rotatable bonds is 4. The van der Waals surface area contributed by atoms with Gasteiger partial charge < -0.3 is 5.32 Å². The Hall–Kier alpha value is -1.13. The van der Waals surface area contributed by atoms with Crippen molar-refractivity contribution in [3.05, 3.63) is 40.6 Å². The molecule has 0 atom stereocenters. The molecule has 0 radical (unpaired) electrons. The van der Waals surface area contributed by atoms with Crippen LogP contribution >= 0.6 is 15.9 Å². The maximum Gasteiger partial charge on any atom is 0.0568 e. The minimum atomic E-state index is 0.892. The molecule has 0 aliphatic heterocycles. The summed E-state index contributed by atoms with van der Waals surface area (Å²) in [6.07, 6.45) is 3.99. The lowest BCUT2D eigenvalue weighted by molar-refractivity contribution is 0.585. The summed E-state index contributed by atoms with van der Waals surface area (Å²) in [6, 6.07) is 6.37. The van der Waals surface area contributed by atoms with E-state index in [1.165, 1.54) is 11.1 Å². The molecule has 1 aromatic heterocycles. The van der Waals surface area contributed by atoms with E-state index in [1.807, 2.05) is 17.9 Å². The van der Waals surface area contributed by atoms with Crippen molar-refractivity contribution in [3.63, 3.8) is 0 Å². The fraction of sp³-hybridized carbons (Fsp3) is 0.308. The van der Waals surface area contributed by atoms with Crippen molar-refractivity contribution in [1.82, 2.24) is 15.1 Å². The Morgan fingerprint density at radius 1 is 1.35 bits per heavy atom. The molecular formula is C13H16BrN3. The van der Waals surface area contributed by atoms with Crippen LogP contribution in [0.25, 0.3) is 11.1 Å². The van der Waals surface area contributed by atoms with Gasteiger partial charge in [0.05, 0.1) is 12.7 Å². The van der Waals surface area contributed by atoms with E-state index in [2.05, 4.69) is 57.7 Å². The van der Waals surface area contributed by atoms with Gasteiger partial charge in [-0.2, -0.15) is 5.10 Å². The van der Waals surface area contributed by atoms with Crippen molar-refractivity contribution >= 4 is 15.9 Å². The van der Waals surface area contributed by atoms with Gasteiger partial charge in [-0.3, -0.25) is 4.68 Å². The van der Waals surface area contributed by atoms with Crippen molar-refractivity contribution in [2.45, 2.75) is 13.5 Å². The topological polar surface area (TPSA) is 29.9 Å². The SMILES string of the molecule is CNCCn1cc(-c2ccc(C)c(Br)c2)cn1. The van der Waals surface area contributed by atoms with Gasteiger partial charge in [0.2, 0.25) is 0 Å². The molecule has 1 N–H and O–H groups in total. The third kappa shape index (κ3) is 2.96. The number of aryl methyl sites for hydroxylation is 1. The van der Waals surface area contributed by atoms with E-state index in [4.69, 9.17) is 0 Å². The van der Waals surface area contributed by atoms with Crippen molar-refractivity contribution in [1.29, 1.82) is 0 Å². The van der Waals surface area contributed by atoms with E-state index >= 15 is 0 Å². The Labute approximate surface area is 110 Å². The third-order valence-corrected chi connectivity index (χ3v) is 3.58. The zero-order chi connectivity index (χ0) is 12.3. The summed E-state index contributed by atoms with van der Waals surface area (Å²) in [7, 11) is 1.95. The number of halogens is 1. The minimum Gasteiger partial charge on any atom is -0.318 e. The van der Waals surface area contributed by atoms with Crippen LogP contribution in [-0.4, -0.2) is 23.4 Å². The van der Waals surface area contributed by atoms with Crippen molar-refractivity contribution < 1.29 is 0 Å². The zero-order valence-electron chi connectivity index (χ0n) is 10.1. The molecule has 0 amide bonds. The van der Waals surface area contributed by atoms with Gasteiger partial charge in [0.25, 0.3) is 0 Å². The number of nitrogens with one attached hydrogen (secondary N) is 1. The molecule has 0 aliphatic rings. The largest absolute Gasteiger partial charge is 0.318 e. The molecule has 17 heavy (non-hydrogen) atoms. The Morgan fingerprint density at radius 3 is 2.88 bits per heavy atom. The van der Waals surface area contributed by atoms with Crippen molar-refractivity contribution in [3.8, 4) is 11.1 Å². The Balaban J connectivity index is 2.21. The highest BCUT2D eigenvalue weighted by Crippen LogP contribution is 2.25. The first kappa shape index (κ1) is 12.3.